The maximum absolute atomic E-state index is 13.1. The van der Waals surface area contributed by atoms with Crippen LogP contribution in [0.5, 0.6) is 0 Å². The van der Waals surface area contributed by atoms with Crippen molar-refractivity contribution in [1.29, 1.82) is 0 Å². The molecule has 0 radical (unpaired) electrons. The highest BCUT2D eigenvalue weighted by Crippen LogP contribution is 2.31. The fourth-order valence-corrected chi connectivity index (χ4v) is 3.61. The Hall–Kier alpha value is -1.94. The molecule has 0 saturated heterocycles. The van der Waals surface area contributed by atoms with Crippen molar-refractivity contribution in [3.63, 3.8) is 0 Å². The van der Waals surface area contributed by atoms with Crippen LogP contribution in [0.4, 0.5) is 4.39 Å². The minimum atomic E-state index is -0.189. The zero-order chi connectivity index (χ0) is 16.5. The number of aromatic nitrogens is 1. The Morgan fingerprint density at radius 2 is 1.75 bits per heavy atom. The van der Waals surface area contributed by atoms with Crippen molar-refractivity contribution in [3.05, 3.63) is 69.4 Å². The standard InChI is InChI=1S/C20H23FN2O/c21-18-6-3-15(4-7-18)13-22-11-9-17-5-8-20(24)23(14-16-1-2-16)19(17)10-12-22/h3-8,16H,1-2,9-14H2. The van der Waals surface area contributed by atoms with Gasteiger partial charge in [-0.15, -0.1) is 0 Å². The summed E-state index contributed by atoms with van der Waals surface area (Å²) >= 11 is 0. The lowest BCUT2D eigenvalue weighted by atomic mass is 10.1. The Morgan fingerprint density at radius 3 is 2.50 bits per heavy atom. The summed E-state index contributed by atoms with van der Waals surface area (Å²) in [5.41, 5.74) is 3.83. The first-order chi connectivity index (χ1) is 11.7. The first-order valence-electron chi connectivity index (χ1n) is 8.87. The molecule has 1 saturated carbocycles. The number of rotatable bonds is 4. The van der Waals surface area contributed by atoms with Gasteiger partial charge in [-0.05, 0) is 48.4 Å². The van der Waals surface area contributed by atoms with Gasteiger partial charge in [-0.2, -0.15) is 0 Å². The van der Waals surface area contributed by atoms with Crippen LogP contribution in [0.2, 0.25) is 0 Å². The molecule has 1 aliphatic carbocycles. The fraction of sp³-hybridized carbons (Fsp3) is 0.450. The first-order valence-corrected chi connectivity index (χ1v) is 8.87. The van der Waals surface area contributed by atoms with Crippen LogP contribution in [-0.4, -0.2) is 22.6 Å². The number of fused-ring (bicyclic) bond motifs is 1. The highest BCUT2D eigenvalue weighted by molar-refractivity contribution is 5.24. The summed E-state index contributed by atoms with van der Waals surface area (Å²) in [5.74, 6) is 0.513. The van der Waals surface area contributed by atoms with Gasteiger partial charge < -0.3 is 4.57 Å². The molecule has 1 aromatic heterocycles. The average Bonchev–Trinajstić information content (AvgIpc) is 3.40. The van der Waals surface area contributed by atoms with Crippen LogP contribution in [0.15, 0.2) is 41.2 Å². The van der Waals surface area contributed by atoms with E-state index in [0.29, 0.717) is 5.92 Å². The van der Waals surface area contributed by atoms with Crippen molar-refractivity contribution in [3.8, 4) is 0 Å². The number of pyridine rings is 1. The van der Waals surface area contributed by atoms with Crippen molar-refractivity contribution < 1.29 is 4.39 Å². The monoisotopic (exact) mass is 326 g/mol. The number of nitrogens with zero attached hydrogens (tertiary/aromatic N) is 2. The summed E-state index contributed by atoms with van der Waals surface area (Å²) in [5, 5.41) is 0. The van der Waals surface area contributed by atoms with Crippen molar-refractivity contribution in [2.24, 2.45) is 5.92 Å². The van der Waals surface area contributed by atoms with E-state index in [1.807, 2.05) is 22.8 Å². The molecule has 4 rings (SSSR count). The number of halogens is 1. The molecular weight excluding hydrogens is 303 g/mol. The lowest BCUT2D eigenvalue weighted by Crippen LogP contribution is -2.27. The van der Waals surface area contributed by atoms with Crippen LogP contribution in [0, 0.1) is 11.7 Å². The number of hydrogen-bond acceptors (Lipinski definition) is 2. The van der Waals surface area contributed by atoms with Crippen LogP contribution in [0.3, 0.4) is 0 Å². The molecule has 1 fully saturated rings. The molecular formula is C20H23FN2O. The lowest BCUT2D eigenvalue weighted by Gasteiger charge is -2.19. The summed E-state index contributed by atoms with van der Waals surface area (Å²) in [6, 6.07) is 10.5. The van der Waals surface area contributed by atoms with E-state index in [2.05, 4.69) is 4.90 Å². The van der Waals surface area contributed by atoms with E-state index in [1.165, 1.54) is 36.2 Å². The highest BCUT2D eigenvalue weighted by atomic mass is 19.1. The molecule has 0 N–H and O–H groups in total. The van der Waals surface area contributed by atoms with E-state index >= 15 is 0 Å². The second kappa shape index (κ2) is 6.52. The van der Waals surface area contributed by atoms with E-state index < -0.39 is 0 Å². The molecule has 0 atom stereocenters. The van der Waals surface area contributed by atoms with E-state index in [1.54, 1.807) is 6.07 Å². The van der Waals surface area contributed by atoms with Gasteiger partial charge in [-0.3, -0.25) is 9.69 Å². The molecule has 24 heavy (non-hydrogen) atoms. The quantitative estimate of drug-likeness (QED) is 0.863. The highest BCUT2D eigenvalue weighted by Gasteiger charge is 2.25. The maximum Gasteiger partial charge on any atom is 0.250 e. The van der Waals surface area contributed by atoms with E-state index in [9.17, 15) is 9.18 Å². The fourth-order valence-electron chi connectivity index (χ4n) is 3.61. The van der Waals surface area contributed by atoms with Crippen molar-refractivity contribution in [2.75, 3.05) is 13.1 Å². The first kappa shape index (κ1) is 15.6. The molecule has 2 aliphatic rings. The SMILES string of the molecule is O=c1ccc2c(n1CC1CC1)CCN(Cc1ccc(F)cc1)CC2. The van der Waals surface area contributed by atoms with Crippen LogP contribution in [0.1, 0.15) is 29.7 Å². The summed E-state index contributed by atoms with van der Waals surface area (Å²) in [4.78, 5) is 14.7. The van der Waals surface area contributed by atoms with E-state index in [4.69, 9.17) is 0 Å². The Kier molecular flexibility index (Phi) is 4.23. The minimum absolute atomic E-state index is 0.146. The van der Waals surface area contributed by atoms with Crippen LogP contribution in [0.25, 0.3) is 0 Å². The molecule has 1 aliphatic heterocycles. The molecule has 2 aromatic rings. The number of hydrogen-bond donors (Lipinski definition) is 0. The van der Waals surface area contributed by atoms with Crippen molar-refractivity contribution in [1.82, 2.24) is 9.47 Å². The third-order valence-electron chi connectivity index (χ3n) is 5.21. The summed E-state index contributed by atoms with van der Waals surface area (Å²) < 4.78 is 15.1. The summed E-state index contributed by atoms with van der Waals surface area (Å²) in [6.07, 6.45) is 4.40. The zero-order valence-corrected chi connectivity index (χ0v) is 13.9. The van der Waals surface area contributed by atoms with Gasteiger partial charge in [-0.25, -0.2) is 4.39 Å². The van der Waals surface area contributed by atoms with Crippen LogP contribution in [-0.2, 0) is 25.9 Å². The van der Waals surface area contributed by atoms with Gasteiger partial charge in [0.25, 0.3) is 5.56 Å². The largest absolute Gasteiger partial charge is 0.312 e. The lowest BCUT2D eigenvalue weighted by molar-refractivity contribution is 0.278. The maximum atomic E-state index is 13.1. The molecule has 126 valence electrons. The number of benzene rings is 1. The molecule has 0 amide bonds. The van der Waals surface area contributed by atoms with Gasteiger partial charge >= 0.3 is 0 Å². The summed E-state index contributed by atoms with van der Waals surface area (Å²) in [7, 11) is 0. The Labute approximate surface area is 141 Å². The molecule has 0 unspecified atom stereocenters. The zero-order valence-electron chi connectivity index (χ0n) is 13.9. The Morgan fingerprint density at radius 1 is 1.00 bits per heavy atom. The smallest absolute Gasteiger partial charge is 0.250 e. The predicted octanol–water partition coefficient (Wildman–Crippen LogP) is 3.00. The molecule has 4 heteroatoms. The minimum Gasteiger partial charge on any atom is -0.312 e. The van der Waals surface area contributed by atoms with Crippen molar-refractivity contribution >= 4 is 0 Å². The molecule has 0 spiro atoms. The van der Waals surface area contributed by atoms with Crippen molar-refractivity contribution in [2.45, 2.75) is 38.8 Å². The topological polar surface area (TPSA) is 25.2 Å². The molecule has 3 nitrogen and oxygen atoms in total. The second-order valence-corrected chi connectivity index (χ2v) is 7.10. The second-order valence-electron chi connectivity index (χ2n) is 7.10. The third kappa shape index (κ3) is 3.44. The van der Waals surface area contributed by atoms with E-state index in [0.717, 1.165) is 44.6 Å². The molecule has 1 aromatic carbocycles. The van der Waals surface area contributed by atoms with E-state index in [-0.39, 0.29) is 11.4 Å². The third-order valence-corrected chi connectivity index (χ3v) is 5.21. The van der Waals surface area contributed by atoms with Gasteiger partial charge in [-0.1, -0.05) is 18.2 Å². The van der Waals surface area contributed by atoms with Gasteiger partial charge in [0.05, 0.1) is 0 Å². The predicted molar refractivity (Wildman–Crippen MR) is 92.5 cm³/mol. The van der Waals surface area contributed by atoms with Gasteiger partial charge in [0.15, 0.2) is 0 Å². The normalized spacial score (nSPS) is 18.2. The van der Waals surface area contributed by atoms with Crippen LogP contribution >= 0.6 is 0 Å². The Balaban J connectivity index is 1.51. The molecule has 0 bridgehead atoms. The van der Waals surface area contributed by atoms with Gasteiger partial charge in [0, 0.05) is 44.4 Å². The average molecular weight is 326 g/mol. The van der Waals surface area contributed by atoms with Crippen LogP contribution < -0.4 is 5.56 Å². The summed E-state index contributed by atoms with van der Waals surface area (Å²) in [6.45, 7) is 3.64. The van der Waals surface area contributed by atoms with Gasteiger partial charge in [0.1, 0.15) is 5.82 Å². The van der Waals surface area contributed by atoms with Gasteiger partial charge in [0.2, 0.25) is 0 Å². The molecule has 2 heterocycles. The Bertz CT molecular complexity index is 777.